The van der Waals surface area contributed by atoms with E-state index in [0.717, 1.165) is 0 Å². The van der Waals surface area contributed by atoms with Crippen LogP contribution in [0.2, 0.25) is 0 Å². The number of halogens is 2. The van der Waals surface area contributed by atoms with Gasteiger partial charge in [-0.1, -0.05) is 6.07 Å². The molecule has 3 rings (SSSR count). The molecule has 2 amide bonds. The standard InChI is InChI=1S/C21H22F2N2O4/c22-15-4-6-17(7-5-15)29-19-8-9-25(12-14(19)10-20(24)26)21(27)13-28-18-3-1-2-16(23)11-18/h1-7,11,14,19H,8-10,12-13H2,(H2,24,26)/t14-,19-/m0/s1. The molecule has 0 aromatic heterocycles. The second-order valence-corrected chi connectivity index (χ2v) is 6.92. The molecule has 0 bridgehead atoms. The number of piperidine rings is 1. The number of likely N-dealkylation sites (tertiary alicyclic amines) is 1. The van der Waals surface area contributed by atoms with Crippen molar-refractivity contribution in [3.8, 4) is 11.5 Å². The van der Waals surface area contributed by atoms with Crippen molar-refractivity contribution < 1.29 is 27.8 Å². The summed E-state index contributed by atoms with van der Waals surface area (Å²) in [6.45, 7) is 0.447. The molecule has 0 aliphatic carbocycles. The topological polar surface area (TPSA) is 81.9 Å². The first kappa shape index (κ1) is 20.6. The Hall–Kier alpha value is -3.16. The molecule has 1 aliphatic heterocycles. The van der Waals surface area contributed by atoms with Crippen molar-refractivity contribution in [1.29, 1.82) is 0 Å². The number of nitrogens with two attached hydrogens (primary N) is 1. The molecule has 0 unspecified atom stereocenters. The highest BCUT2D eigenvalue weighted by atomic mass is 19.1. The summed E-state index contributed by atoms with van der Waals surface area (Å²) in [4.78, 5) is 25.6. The SMILES string of the molecule is NC(=O)C[C@H]1CN(C(=O)COc2cccc(F)c2)CC[C@@H]1Oc1ccc(F)cc1. The summed E-state index contributed by atoms with van der Waals surface area (Å²) in [5, 5.41) is 0. The highest BCUT2D eigenvalue weighted by Crippen LogP contribution is 2.26. The van der Waals surface area contributed by atoms with Gasteiger partial charge >= 0.3 is 0 Å². The summed E-state index contributed by atoms with van der Waals surface area (Å²) in [7, 11) is 0. The van der Waals surface area contributed by atoms with Gasteiger partial charge in [-0.2, -0.15) is 0 Å². The molecule has 154 valence electrons. The monoisotopic (exact) mass is 404 g/mol. The minimum Gasteiger partial charge on any atom is -0.490 e. The number of ether oxygens (including phenoxy) is 2. The molecular formula is C21H22F2N2O4. The van der Waals surface area contributed by atoms with Crippen molar-refractivity contribution in [2.24, 2.45) is 11.7 Å². The van der Waals surface area contributed by atoms with Gasteiger partial charge < -0.3 is 20.1 Å². The molecule has 0 spiro atoms. The molecule has 0 saturated carbocycles. The van der Waals surface area contributed by atoms with Gasteiger partial charge in [-0.15, -0.1) is 0 Å². The summed E-state index contributed by atoms with van der Waals surface area (Å²) >= 11 is 0. The maximum absolute atomic E-state index is 13.2. The van der Waals surface area contributed by atoms with Crippen LogP contribution in [0.15, 0.2) is 48.5 Å². The maximum Gasteiger partial charge on any atom is 0.260 e. The minimum absolute atomic E-state index is 0.0559. The van der Waals surface area contributed by atoms with E-state index in [9.17, 15) is 18.4 Å². The third kappa shape index (κ3) is 5.91. The predicted molar refractivity (Wildman–Crippen MR) is 101 cm³/mol. The lowest BCUT2D eigenvalue weighted by atomic mass is 9.91. The van der Waals surface area contributed by atoms with Crippen molar-refractivity contribution in [3.05, 3.63) is 60.2 Å². The zero-order valence-corrected chi connectivity index (χ0v) is 15.7. The summed E-state index contributed by atoms with van der Waals surface area (Å²) in [6, 6.07) is 11.2. The van der Waals surface area contributed by atoms with E-state index in [1.54, 1.807) is 11.0 Å². The van der Waals surface area contributed by atoms with Gasteiger partial charge in [0.25, 0.3) is 5.91 Å². The Morgan fingerprint density at radius 1 is 1.07 bits per heavy atom. The number of carbonyl (C=O) groups is 2. The quantitative estimate of drug-likeness (QED) is 0.769. The summed E-state index contributed by atoms with van der Waals surface area (Å²) < 4.78 is 37.6. The third-order valence-electron chi connectivity index (χ3n) is 4.74. The van der Waals surface area contributed by atoms with Crippen LogP contribution in [-0.4, -0.2) is 42.5 Å². The van der Waals surface area contributed by atoms with Gasteiger partial charge in [0.15, 0.2) is 6.61 Å². The molecule has 8 heteroatoms. The van der Waals surface area contributed by atoms with Gasteiger partial charge in [-0.05, 0) is 36.4 Å². The second kappa shape index (κ2) is 9.36. The number of hydrogen-bond acceptors (Lipinski definition) is 4. The van der Waals surface area contributed by atoms with Crippen LogP contribution < -0.4 is 15.2 Å². The minimum atomic E-state index is -0.493. The zero-order valence-electron chi connectivity index (χ0n) is 15.7. The highest BCUT2D eigenvalue weighted by Gasteiger charge is 2.34. The molecule has 6 nitrogen and oxygen atoms in total. The lowest BCUT2D eigenvalue weighted by Gasteiger charge is -2.38. The smallest absolute Gasteiger partial charge is 0.260 e. The van der Waals surface area contributed by atoms with Crippen molar-refractivity contribution in [3.63, 3.8) is 0 Å². The second-order valence-electron chi connectivity index (χ2n) is 6.92. The van der Waals surface area contributed by atoms with Crippen LogP contribution in [0.5, 0.6) is 11.5 Å². The van der Waals surface area contributed by atoms with Crippen molar-refractivity contribution >= 4 is 11.8 Å². The number of rotatable bonds is 7. The Bertz CT molecular complexity index is 860. The van der Waals surface area contributed by atoms with E-state index in [1.165, 1.54) is 42.5 Å². The van der Waals surface area contributed by atoms with Crippen LogP contribution in [0.1, 0.15) is 12.8 Å². The summed E-state index contributed by atoms with van der Waals surface area (Å²) in [5.41, 5.74) is 5.36. The Kier molecular flexibility index (Phi) is 6.64. The fourth-order valence-corrected chi connectivity index (χ4v) is 3.33. The van der Waals surface area contributed by atoms with E-state index >= 15 is 0 Å². The van der Waals surface area contributed by atoms with Gasteiger partial charge in [-0.25, -0.2) is 8.78 Å². The van der Waals surface area contributed by atoms with E-state index in [0.29, 0.717) is 18.7 Å². The van der Waals surface area contributed by atoms with Gasteiger partial charge in [0.2, 0.25) is 5.91 Å². The molecule has 29 heavy (non-hydrogen) atoms. The number of benzene rings is 2. The molecule has 1 aliphatic rings. The maximum atomic E-state index is 13.2. The van der Waals surface area contributed by atoms with Gasteiger partial charge in [-0.3, -0.25) is 9.59 Å². The van der Waals surface area contributed by atoms with E-state index < -0.39 is 11.7 Å². The van der Waals surface area contributed by atoms with E-state index in [1.807, 2.05) is 0 Å². The molecule has 0 radical (unpaired) electrons. The molecule has 2 N–H and O–H groups in total. The largest absolute Gasteiger partial charge is 0.490 e. The summed E-state index contributed by atoms with van der Waals surface area (Å²) in [6.07, 6.45) is 0.211. The van der Waals surface area contributed by atoms with Crippen molar-refractivity contribution in [2.45, 2.75) is 18.9 Å². The third-order valence-corrected chi connectivity index (χ3v) is 4.74. The van der Waals surface area contributed by atoms with E-state index in [-0.39, 0.29) is 49.1 Å². The fourth-order valence-electron chi connectivity index (χ4n) is 3.33. The van der Waals surface area contributed by atoms with Crippen LogP contribution in [0, 0.1) is 17.6 Å². The molecule has 2 atom stereocenters. The van der Waals surface area contributed by atoms with E-state index in [2.05, 4.69) is 0 Å². The van der Waals surface area contributed by atoms with Crippen LogP contribution in [0.4, 0.5) is 8.78 Å². The normalized spacial score (nSPS) is 18.9. The lowest BCUT2D eigenvalue weighted by molar-refractivity contribution is -0.138. The Labute approximate surface area is 167 Å². The number of primary amides is 1. The summed E-state index contributed by atoms with van der Waals surface area (Å²) in [5.74, 6) is -1.14. The number of nitrogens with zero attached hydrogens (tertiary/aromatic N) is 1. The van der Waals surface area contributed by atoms with Gasteiger partial charge in [0.1, 0.15) is 29.2 Å². The Balaban J connectivity index is 1.60. The molecule has 2 aromatic carbocycles. The molecule has 1 saturated heterocycles. The predicted octanol–water partition coefficient (Wildman–Crippen LogP) is 2.52. The van der Waals surface area contributed by atoms with Crippen molar-refractivity contribution in [1.82, 2.24) is 4.90 Å². The number of hydrogen-bond donors (Lipinski definition) is 1. The van der Waals surface area contributed by atoms with Crippen LogP contribution >= 0.6 is 0 Å². The number of carbonyl (C=O) groups excluding carboxylic acids is 2. The first-order chi connectivity index (χ1) is 13.9. The highest BCUT2D eigenvalue weighted by molar-refractivity contribution is 5.78. The average Bonchev–Trinajstić information content (AvgIpc) is 2.69. The average molecular weight is 404 g/mol. The van der Waals surface area contributed by atoms with Crippen LogP contribution in [-0.2, 0) is 9.59 Å². The molecule has 1 heterocycles. The first-order valence-electron chi connectivity index (χ1n) is 9.27. The van der Waals surface area contributed by atoms with Crippen LogP contribution in [0.25, 0.3) is 0 Å². The van der Waals surface area contributed by atoms with Gasteiger partial charge in [0, 0.05) is 37.9 Å². The van der Waals surface area contributed by atoms with Gasteiger partial charge in [0.05, 0.1) is 0 Å². The zero-order chi connectivity index (χ0) is 20.8. The molecule has 1 fully saturated rings. The molecule has 2 aromatic rings. The molecular weight excluding hydrogens is 382 g/mol. The number of amides is 2. The van der Waals surface area contributed by atoms with Crippen LogP contribution in [0.3, 0.4) is 0 Å². The lowest BCUT2D eigenvalue weighted by Crippen LogP contribution is -2.50. The first-order valence-corrected chi connectivity index (χ1v) is 9.27. The van der Waals surface area contributed by atoms with Crippen molar-refractivity contribution in [2.75, 3.05) is 19.7 Å². The Morgan fingerprint density at radius 3 is 2.52 bits per heavy atom. The Morgan fingerprint density at radius 2 is 1.83 bits per heavy atom. The fraction of sp³-hybridized carbons (Fsp3) is 0.333. The van der Waals surface area contributed by atoms with E-state index in [4.69, 9.17) is 15.2 Å².